The summed E-state index contributed by atoms with van der Waals surface area (Å²) >= 11 is 4.32. The minimum atomic E-state index is -0.747. The number of nitrogens with one attached hydrogen (secondary N) is 1. The summed E-state index contributed by atoms with van der Waals surface area (Å²) in [6.45, 7) is -0.0496. The van der Waals surface area contributed by atoms with Gasteiger partial charge in [-0.1, -0.05) is 0 Å². The van der Waals surface area contributed by atoms with Crippen LogP contribution in [0.5, 0.6) is 0 Å². The van der Waals surface area contributed by atoms with E-state index in [0.717, 1.165) is 0 Å². The largest absolute Gasteiger partial charge is 0.523 e. The molecule has 6 heteroatoms. The van der Waals surface area contributed by atoms with Gasteiger partial charge in [0.25, 0.3) is 5.78 Å². The van der Waals surface area contributed by atoms with Crippen molar-refractivity contribution in [1.82, 2.24) is 5.43 Å². The summed E-state index contributed by atoms with van der Waals surface area (Å²) < 4.78 is 0.561. The lowest BCUT2D eigenvalue weighted by Crippen LogP contribution is -2.37. The molecule has 1 heterocycles. The summed E-state index contributed by atoms with van der Waals surface area (Å²) in [4.78, 5) is 20.9. The van der Waals surface area contributed by atoms with Crippen LogP contribution in [0.4, 0.5) is 0 Å². The Labute approximate surface area is 56.3 Å². The number of amides is 1. The molecule has 5 nitrogen and oxygen atoms in total. The van der Waals surface area contributed by atoms with Crippen LogP contribution in [0.1, 0.15) is 0 Å². The van der Waals surface area contributed by atoms with Gasteiger partial charge in [0.1, 0.15) is 0 Å². The number of rotatable bonds is 0. The Bertz CT molecular complexity index is 199. The molecule has 0 radical (unpaired) electrons. The van der Waals surface area contributed by atoms with Gasteiger partial charge in [-0.25, -0.2) is 8.90 Å². The zero-order valence-corrected chi connectivity index (χ0v) is 5.14. The maximum atomic E-state index is 10.5. The minimum Gasteiger partial charge on any atom is -0.523 e. The fourth-order valence-corrected chi connectivity index (χ4v) is 0.559. The first-order chi connectivity index (χ1) is 4.22. The van der Waals surface area contributed by atoms with Crippen molar-refractivity contribution in [2.45, 2.75) is 0 Å². The molecule has 0 atom stereocenters. The van der Waals surface area contributed by atoms with Gasteiger partial charge < -0.3 is 12.8 Å². The third-order valence-corrected chi connectivity index (χ3v) is 1.06. The van der Waals surface area contributed by atoms with Crippen molar-refractivity contribution in [1.29, 1.82) is 0 Å². The molecule has 0 saturated carbocycles. The van der Waals surface area contributed by atoms with Crippen LogP contribution < -0.4 is 5.43 Å². The predicted octanol–water partition coefficient (Wildman–Crippen LogP) is -1.47. The van der Waals surface area contributed by atoms with Gasteiger partial charge in [-0.3, -0.25) is 4.79 Å². The van der Waals surface area contributed by atoms with Gasteiger partial charge in [0.2, 0.25) is 0 Å². The molecule has 0 unspecified atom stereocenters. The van der Waals surface area contributed by atoms with Crippen LogP contribution in [0.15, 0.2) is 5.22 Å². The van der Waals surface area contributed by atoms with E-state index < -0.39 is 11.7 Å². The van der Waals surface area contributed by atoms with E-state index in [4.69, 9.17) is 0 Å². The predicted molar refractivity (Wildman–Crippen MR) is 28.1 cm³/mol. The monoisotopic (exact) mass is 145 g/mol. The minimum absolute atomic E-state index is 0.0496. The second-order valence-electron chi connectivity index (χ2n) is 1.44. The molecular weight excluding hydrogens is 142 g/mol. The first-order valence-electron chi connectivity index (χ1n) is 2.20. The van der Waals surface area contributed by atoms with Crippen LogP contribution in [-0.4, -0.2) is 22.3 Å². The van der Waals surface area contributed by atoms with E-state index >= 15 is 0 Å². The molecule has 0 saturated heterocycles. The van der Waals surface area contributed by atoms with E-state index in [0.29, 0.717) is 4.10 Å². The van der Waals surface area contributed by atoms with E-state index in [1.54, 1.807) is 0 Å². The second kappa shape index (κ2) is 2.06. The van der Waals surface area contributed by atoms with Gasteiger partial charge in [-0.15, -0.1) is 0 Å². The van der Waals surface area contributed by atoms with Gasteiger partial charge in [0.15, 0.2) is 6.54 Å². The fourth-order valence-electron chi connectivity index (χ4n) is 0.399. The first-order valence-corrected chi connectivity index (χ1v) is 2.56. The molecule has 0 aromatic carbocycles. The summed E-state index contributed by atoms with van der Waals surface area (Å²) in [7, 11) is 0. The van der Waals surface area contributed by atoms with Crippen molar-refractivity contribution in [2.75, 3.05) is 6.54 Å². The maximum absolute atomic E-state index is 10.5. The van der Waals surface area contributed by atoms with Crippen molar-refractivity contribution in [3.63, 3.8) is 0 Å². The SMILES string of the molecule is O=C1CNN=[N+]([S-])C1=O. The smallest absolute Gasteiger partial charge is 0.384 e. The first kappa shape index (κ1) is 6.09. The molecule has 0 spiro atoms. The summed E-state index contributed by atoms with van der Waals surface area (Å²) in [5, 5.41) is 3.29. The lowest BCUT2D eigenvalue weighted by molar-refractivity contribution is -0.360. The zero-order valence-electron chi connectivity index (χ0n) is 4.33. The lowest BCUT2D eigenvalue weighted by atomic mass is 10.4. The van der Waals surface area contributed by atoms with Crippen molar-refractivity contribution < 1.29 is 13.7 Å². The van der Waals surface area contributed by atoms with Crippen LogP contribution in [0.2, 0.25) is 0 Å². The van der Waals surface area contributed by atoms with E-state index in [1.807, 2.05) is 0 Å². The summed E-state index contributed by atoms with van der Waals surface area (Å²) in [5.41, 5.74) is 2.29. The van der Waals surface area contributed by atoms with Crippen molar-refractivity contribution in [3.05, 3.63) is 0 Å². The molecule has 0 fully saturated rings. The van der Waals surface area contributed by atoms with Crippen molar-refractivity contribution in [3.8, 4) is 0 Å². The Morgan fingerprint density at radius 2 is 2.33 bits per heavy atom. The Morgan fingerprint density at radius 3 is 2.78 bits per heavy atom. The highest BCUT2D eigenvalue weighted by Gasteiger charge is 2.22. The van der Waals surface area contributed by atoms with Crippen LogP contribution in [0, 0.1) is 0 Å². The average Bonchev–Trinajstić information content (AvgIpc) is 1.83. The molecule has 1 rings (SSSR count). The molecule has 0 aromatic heterocycles. The van der Waals surface area contributed by atoms with Gasteiger partial charge >= 0.3 is 5.91 Å². The van der Waals surface area contributed by atoms with Crippen molar-refractivity contribution >= 4 is 24.5 Å². The fraction of sp³-hybridized carbons (Fsp3) is 0.333. The number of hydrogen-bond donors (Lipinski definition) is 1. The molecule has 1 aliphatic rings. The highest BCUT2D eigenvalue weighted by Crippen LogP contribution is 1.85. The van der Waals surface area contributed by atoms with E-state index in [2.05, 4.69) is 23.5 Å². The Kier molecular flexibility index (Phi) is 1.39. The number of carbonyl (C=O) groups is 2. The number of Topliss-reactive ketones (excluding diaryl/α,β-unsaturated/α-hetero) is 1. The molecule has 0 aliphatic carbocycles. The van der Waals surface area contributed by atoms with E-state index in [-0.39, 0.29) is 6.54 Å². The van der Waals surface area contributed by atoms with Crippen LogP contribution in [0.25, 0.3) is 0 Å². The number of nitrogens with zero attached hydrogens (tertiary/aromatic N) is 2. The molecule has 1 N–H and O–H groups in total. The van der Waals surface area contributed by atoms with Crippen LogP contribution >= 0.6 is 0 Å². The zero-order chi connectivity index (χ0) is 6.85. The van der Waals surface area contributed by atoms with Crippen molar-refractivity contribution in [2.24, 2.45) is 5.22 Å². The molecule has 1 aliphatic heterocycles. The lowest BCUT2D eigenvalue weighted by Gasteiger charge is -2.06. The maximum Gasteiger partial charge on any atom is 0.384 e. The third-order valence-electron chi connectivity index (χ3n) is 0.813. The molecular formula is C3H3N3O2S. The number of ketones is 1. The molecule has 48 valence electrons. The number of carbonyl (C=O) groups excluding carboxylic acids is 2. The Morgan fingerprint density at radius 1 is 1.67 bits per heavy atom. The standard InChI is InChI=1S/C3H3N3O2S/c7-2-1-4-5-6(9)3(2)8/h4H,1H2. The molecule has 1 amide bonds. The average molecular weight is 145 g/mol. The van der Waals surface area contributed by atoms with E-state index in [1.165, 1.54) is 0 Å². The Balaban J connectivity index is 2.86. The summed E-state index contributed by atoms with van der Waals surface area (Å²) in [6.07, 6.45) is 0. The van der Waals surface area contributed by atoms with Gasteiger partial charge in [0, 0.05) is 0 Å². The quantitative estimate of drug-likeness (QED) is 0.257. The number of hydrogen-bond acceptors (Lipinski definition) is 5. The second-order valence-corrected chi connectivity index (χ2v) is 1.78. The molecule has 9 heavy (non-hydrogen) atoms. The van der Waals surface area contributed by atoms with E-state index in [9.17, 15) is 9.59 Å². The van der Waals surface area contributed by atoms with Gasteiger partial charge in [0.05, 0.1) is 5.22 Å². The summed E-state index contributed by atoms with van der Waals surface area (Å²) in [5.74, 6) is -1.30. The highest BCUT2D eigenvalue weighted by atomic mass is 32.1. The topological polar surface area (TPSA) is 61.5 Å². The molecule has 0 aromatic rings. The van der Waals surface area contributed by atoms with Gasteiger partial charge in [-0.2, -0.15) is 5.43 Å². The van der Waals surface area contributed by atoms with Crippen LogP contribution in [-0.2, 0) is 22.4 Å². The third kappa shape index (κ3) is 1.02. The van der Waals surface area contributed by atoms with Crippen LogP contribution in [0.3, 0.4) is 0 Å². The Hall–Kier alpha value is -1.04. The van der Waals surface area contributed by atoms with Gasteiger partial charge in [-0.05, 0) is 0 Å². The normalized spacial score (nSPS) is 18.9. The highest BCUT2D eigenvalue weighted by molar-refractivity contribution is 7.52. The molecule has 0 bridgehead atoms. The summed E-state index contributed by atoms with van der Waals surface area (Å²) in [6, 6.07) is 0.